The van der Waals surface area contributed by atoms with Crippen molar-refractivity contribution in [3.63, 3.8) is 0 Å². The quantitative estimate of drug-likeness (QED) is 0.0347. The van der Waals surface area contributed by atoms with E-state index >= 15 is 0 Å². The number of rotatable bonds is 46. The molecule has 0 fully saturated rings. The highest BCUT2D eigenvalue weighted by atomic mass is 16.6. The van der Waals surface area contributed by atoms with Gasteiger partial charge in [0, 0.05) is 19.3 Å². The second kappa shape index (κ2) is 46.1. The third-order valence-corrected chi connectivity index (χ3v) is 11.4. The smallest absolute Gasteiger partial charge is 0.306 e. The second-order valence-electron chi connectivity index (χ2n) is 17.1. The van der Waals surface area contributed by atoms with Crippen LogP contribution in [-0.2, 0) is 28.6 Å². The maximum Gasteiger partial charge on any atom is 0.306 e. The predicted molar refractivity (Wildman–Crippen MR) is 238 cm³/mol. The van der Waals surface area contributed by atoms with Gasteiger partial charge < -0.3 is 14.2 Å². The van der Waals surface area contributed by atoms with Gasteiger partial charge in [-0.25, -0.2) is 0 Å². The Balaban J connectivity index is 4.10. The van der Waals surface area contributed by atoms with Gasteiger partial charge in [-0.1, -0.05) is 245 Å². The van der Waals surface area contributed by atoms with Crippen LogP contribution in [-0.4, -0.2) is 37.2 Å². The molecule has 0 amide bonds. The number of carbonyl (C=O) groups excluding carboxylic acids is 3. The third-order valence-electron chi connectivity index (χ3n) is 11.4. The molecule has 0 unspecified atom stereocenters. The monoisotopic (exact) mass is 793 g/mol. The van der Waals surface area contributed by atoms with Crippen LogP contribution >= 0.6 is 0 Å². The Hall–Kier alpha value is -1.59. The molecule has 6 nitrogen and oxygen atoms in total. The minimum absolute atomic E-state index is 0.0633. The standard InChI is InChI=1S/C50H96O6/c1-4-7-10-13-15-17-19-21-23-24-25-26-27-29-31-33-35-38-41-44-50(53)56-47(45-54-48(51)42-39-36-12-9-6-3)46-55-49(52)43-40-37-34-32-30-28-22-20-18-16-14-11-8-5-2/h47H,4-46H2,1-3H3/t47-/m0/s1. The van der Waals surface area contributed by atoms with Gasteiger partial charge in [0.15, 0.2) is 6.10 Å². The van der Waals surface area contributed by atoms with E-state index in [1.165, 1.54) is 180 Å². The van der Waals surface area contributed by atoms with Crippen molar-refractivity contribution >= 4 is 17.9 Å². The second-order valence-corrected chi connectivity index (χ2v) is 17.1. The Morgan fingerprint density at radius 3 is 0.714 bits per heavy atom. The highest BCUT2D eigenvalue weighted by molar-refractivity contribution is 5.71. The molecule has 0 aliphatic carbocycles. The minimum Gasteiger partial charge on any atom is -0.462 e. The molecule has 332 valence electrons. The summed E-state index contributed by atoms with van der Waals surface area (Å²) in [6.45, 7) is 6.60. The van der Waals surface area contributed by atoms with E-state index in [4.69, 9.17) is 14.2 Å². The lowest BCUT2D eigenvalue weighted by Gasteiger charge is -2.18. The summed E-state index contributed by atoms with van der Waals surface area (Å²) in [5.74, 6) is -0.860. The molecule has 0 aliphatic heterocycles. The van der Waals surface area contributed by atoms with E-state index in [0.717, 1.165) is 64.2 Å². The lowest BCUT2D eigenvalue weighted by molar-refractivity contribution is -0.167. The van der Waals surface area contributed by atoms with Crippen LogP contribution < -0.4 is 0 Å². The van der Waals surface area contributed by atoms with E-state index in [1.807, 2.05) is 0 Å². The third kappa shape index (κ3) is 43.5. The van der Waals surface area contributed by atoms with Crippen LogP contribution in [0.5, 0.6) is 0 Å². The van der Waals surface area contributed by atoms with Gasteiger partial charge in [-0.15, -0.1) is 0 Å². The first-order chi connectivity index (χ1) is 27.5. The lowest BCUT2D eigenvalue weighted by atomic mass is 10.0. The Kier molecular flexibility index (Phi) is 44.8. The van der Waals surface area contributed by atoms with E-state index in [9.17, 15) is 14.4 Å². The summed E-state index contributed by atoms with van der Waals surface area (Å²) in [7, 11) is 0. The van der Waals surface area contributed by atoms with Crippen LogP contribution in [0.3, 0.4) is 0 Å². The van der Waals surface area contributed by atoms with Crippen molar-refractivity contribution in [2.45, 2.75) is 290 Å². The zero-order valence-corrected chi connectivity index (χ0v) is 37.9. The van der Waals surface area contributed by atoms with Crippen LogP contribution in [0.1, 0.15) is 284 Å². The molecule has 0 spiro atoms. The first kappa shape index (κ1) is 54.4. The average molecular weight is 793 g/mol. The SMILES string of the molecule is CCCCCCCCCCCCCCCCCCCCCC(=O)O[C@@H](COC(=O)CCCCCCC)COC(=O)CCCCCCCCCCCCCCCC. The van der Waals surface area contributed by atoms with Crippen LogP contribution in [0.4, 0.5) is 0 Å². The summed E-state index contributed by atoms with van der Waals surface area (Å²) in [4.78, 5) is 37.6. The van der Waals surface area contributed by atoms with Gasteiger partial charge in [0.05, 0.1) is 0 Å². The van der Waals surface area contributed by atoms with Crippen molar-refractivity contribution in [2.75, 3.05) is 13.2 Å². The molecule has 0 radical (unpaired) electrons. The molecule has 0 heterocycles. The number of ether oxygens (including phenoxy) is 3. The molecule has 56 heavy (non-hydrogen) atoms. The molecule has 0 aromatic heterocycles. The largest absolute Gasteiger partial charge is 0.462 e. The summed E-state index contributed by atoms with van der Waals surface area (Å²) in [6.07, 6.45) is 48.4. The zero-order chi connectivity index (χ0) is 40.8. The Morgan fingerprint density at radius 1 is 0.286 bits per heavy atom. The van der Waals surface area contributed by atoms with Gasteiger partial charge in [-0.3, -0.25) is 14.4 Å². The van der Waals surface area contributed by atoms with Crippen molar-refractivity contribution in [3.8, 4) is 0 Å². The highest BCUT2D eigenvalue weighted by Gasteiger charge is 2.19. The van der Waals surface area contributed by atoms with Gasteiger partial charge >= 0.3 is 17.9 Å². The predicted octanol–water partition coefficient (Wildman–Crippen LogP) is 16.0. The van der Waals surface area contributed by atoms with Crippen LogP contribution in [0, 0.1) is 0 Å². The number of esters is 3. The maximum absolute atomic E-state index is 12.7. The van der Waals surface area contributed by atoms with E-state index in [1.54, 1.807) is 0 Å². The van der Waals surface area contributed by atoms with Gasteiger partial charge in [-0.05, 0) is 19.3 Å². The molecular formula is C50H96O6. The average Bonchev–Trinajstić information content (AvgIpc) is 3.19. The van der Waals surface area contributed by atoms with E-state index in [-0.39, 0.29) is 31.1 Å². The molecule has 0 N–H and O–H groups in total. The number of hydrogen-bond acceptors (Lipinski definition) is 6. The molecule has 1 atom stereocenters. The molecule has 6 heteroatoms. The number of unbranched alkanes of at least 4 members (excludes halogenated alkanes) is 35. The van der Waals surface area contributed by atoms with E-state index in [0.29, 0.717) is 19.3 Å². The molecule has 0 aromatic carbocycles. The first-order valence-electron chi connectivity index (χ1n) is 25.0. The van der Waals surface area contributed by atoms with Gasteiger partial charge in [0.25, 0.3) is 0 Å². The summed E-state index contributed by atoms with van der Waals surface area (Å²) >= 11 is 0. The number of carbonyl (C=O) groups is 3. The summed E-state index contributed by atoms with van der Waals surface area (Å²) < 4.78 is 16.7. The zero-order valence-electron chi connectivity index (χ0n) is 37.9. The van der Waals surface area contributed by atoms with Crippen molar-refractivity contribution in [1.82, 2.24) is 0 Å². The molecule has 0 aliphatic rings. The van der Waals surface area contributed by atoms with Crippen molar-refractivity contribution in [3.05, 3.63) is 0 Å². The molecule has 0 saturated carbocycles. The van der Waals surface area contributed by atoms with Crippen molar-refractivity contribution < 1.29 is 28.6 Å². The first-order valence-corrected chi connectivity index (χ1v) is 25.0. The summed E-state index contributed by atoms with van der Waals surface area (Å²) in [5.41, 5.74) is 0. The fourth-order valence-electron chi connectivity index (χ4n) is 7.56. The minimum atomic E-state index is -0.757. The molecule has 0 saturated heterocycles. The van der Waals surface area contributed by atoms with Gasteiger partial charge in [-0.2, -0.15) is 0 Å². The molecular weight excluding hydrogens is 697 g/mol. The molecule has 0 rings (SSSR count). The van der Waals surface area contributed by atoms with Crippen LogP contribution in [0.25, 0.3) is 0 Å². The number of hydrogen-bond donors (Lipinski definition) is 0. The fourth-order valence-corrected chi connectivity index (χ4v) is 7.56. The Morgan fingerprint density at radius 2 is 0.482 bits per heavy atom. The normalized spacial score (nSPS) is 11.8. The van der Waals surface area contributed by atoms with Crippen molar-refractivity contribution in [1.29, 1.82) is 0 Å². The van der Waals surface area contributed by atoms with Crippen LogP contribution in [0.15, 0.2) is 0 Å². The lowest BCUT2D eigenvalue weighted by Crippen LogP contribution is -2.30. The summed E-state index contributed by atoms with van der Waals surface area (Å²) in [5, 5.41) is 0. The van der Waals surface area contributed by atoms with Crippen molar-refractivity contribution in [2.24, 2.45) is 0 Å². The topological polar surface area (TPSA) is 78.9 Å². The van der Waals surface area contributed by atoms with Gasteiger partial charge in [0.1, 0.15) is 13.2 Å². The Bertz CT molecular complexity index is 828. The molecule has 0 aromatic rings. The Labute approximate surface area is 348 Å². The summed E-state index contributed by atoms with van der Waals surface area (Å²) in [6, 6.07) is 0. The highest BCUT2D eigenvalue weighted by Crippen LogP contribution is 2.17. The molecule has 0 bridgehead atoms. The van der Waals surface area contributed by atoms with E-state index < -0.39 is 6.10 Å². The maximum atomic E-state index is 12.7. The van der Waals surface area contributed by atoms with Gasteiger partial charge in [0.2, 0.25) is 0 Å². The van der Waals surface area contributed by atoms with Crippen LogP contribution in [0.2, 0.25) is 0 Å². The van der Waals surface area contributed by atoms with E-state index in [2.05, 4.69) is 20.8 Å². The fraction of sp³-hybridized carbons (Fsp3) is 0.940.